The summed E-state index contributed by atoms with van der Waals surface area (Å²) in [5.74, 6) is 0.341. The van der Waals surface area contributed by atoms with Crippen LogP contribution in [0.3, 0.4) is 0 Å². The number of carbonyl (C=O) groups is 1. The van der Waals surface area contributed by atoms with Gasteiger partial charge < -0.3 is 9.84 Å². The molecule has 2 aromatic heterocycles. The highest BCUT2D eigenvalue weighted by atomic mass is 16.5. The quantitative estimate of drug-likeness (QED) is 0.752. The minimum Gasteiger partial charge on any atom is -0.359 e. The molecule has 0 spiro atoms. The molecule has 3 rings (SSSR count). The van der Waals surface area contributed by atoms with Gasteiger partial charge in [0.2, 0.25) is 5.91 Å². The summed E-state index contributed by atoms with van der Waals surface area (Å²) in [6, 6.07) is 9.77. The van der Waals surface area contributed by atoms with Crippen molar-refractivity contribution in [1.82, 2.24) is 14.9 Å². The molecule has 0 unspecified atom stereocenters. The zero-order valence-electron chi connectivity index (χ0n) is 12.9. The Balaban J connectivity index is 1.69. The molecule has 6 heteroatoms. The molecular formula is C17H16N4O2. The summed E-state index contributed by atoms with van der Waals surface area (Å²) in [6.07, 6.45) is 6.72. The first kappa shape index (κ1) is 14.8. The fourth-order valence-electron chi connectivity index (χ4n) is 2.14. The first-order chi connectivity index (χ1) is 11.1. The second-order valence-electron chi connectivity index (χ2n) is 5.08. The Kier molecular flexibility index (Phi) is 4.05. The van der Waals surface area contributed by atoms with Crippen molar-refractivity contribution in [2.75, 3.05) is 5.32 Å². The third-order valence-electron chi connectivity index (χ3n) is 3.33. The van der Waals surface area contributed by atoms with Crippen molar-refractivity contribution < 1.29 is 9.32 Å². The minimum absolute atomic E-state index is 0.244. The summed E-state index contributed by atoms with van der Waals surface area (Å²) in [4.78, 5) is 12.0. The van der Waals surface area contributed by atoms with E-state index in [1.807, 2.05) is 36.5 Å². The predicted octanol–water partition coefficient (Wildman–Crippen LogP) is 3.13. The van der Waals surface area contributed by atoms with Crippen LogP contribution in [0, 0.1) is 13.8 Å². The Morgan fingerprint density at radius 1 is 1.26 bits per heavy atom. The van der Waals surface area contributed by atoms with Crippen LogP contribution in [-0.2, 0) is 4.79 Å². The topological polar surface area (TPSA) is 73.0 Å². The van der Waals surface area contributed by atoms with Crippen molar-refractivity contribution in [2.45, 2.75) is 13.8 Å². The van der Waals surface area contributed by atoms with E-state index >= 15 is 0 Å². The van der Waals surface area contributed by atoms with Crippen LogP contribution in [-0.4, -0.2) is 20.8 Å². The number of hydrogen-bond acceptors (Lipinski definition) is 4. The molecule has 1 N–H and O–H groups in total. The molecule has 2 heterocycles. The first-order valence-corrected chi connectivity index (χ1v) is 7.15. The number of nitrogens with one attached hydrogen (secondary N) is 1. The highest BCUT2D eigenvalue weighted by molar-refractivity contribution is 6.02. The molecule has 116 valence electrons. The van der Waals surface area contributed by atoms with Crippen LogP contribution < -0.4 is 5.32 Å². The van der Waals surface area contributed by atoms with Crippen LogP contribution in [0.25, 0.3) is 11.8 Å². The number of rotatable bonds is 4. The van der Waals surface area contributed by atoms with Gasteiger partial charge in [-0.05, 0) is 32.1 Å². The average molecular weight is 308 g/mol. The van der Waals surface area contributed by atoms with Gasteiger partial charge in [0.05, 0.1) is 11.9 Å². The maximum Gasteiger partial charge on any atom is 0.248 e. The molecule has 0 saturated carbocycles. The molecule has 3 aromatic rings. The molecule has 0 atom stereocenters. The number of aryl methyl sites for hydroxylation is 2. The van der Waals surface area contributed by atoms with Gasteiger partial charge in [0.25, 0.3) is 0 Å². The summed E-state index contributed by atoms with van der Waals surface area (Å²) in [6.45, 7) is 3.53. The van der Waals surface area contributed by atoms with Crippen molar-refractivity contribution >= 4 is 17.7 Å². The number of anilines is 1. The van der Waals surface area contributed by atoms with Gasteiger partial charge in [-0.2, -0.15) is 5.10 Å². The first-order valence-electron chi connectivity index (χ1n) is 7.15. The second kappa shape index (κ2) is 6.31. The van der Waals surface area contributed by atoms with Crippen molar-refractivity contribution in [1.29, 1.82) is 0 Å². The molecule has 0 saturated heterocycles. The summed E-state index contributed by atoms with van der Waals surface area (Å²) in [5, 5.41) is 10.8. The second-order valence-corrected chi connectivity index (χ2v) is 5.08. The third kappa shape index (κ3) is 3.37. The Morgan fingerprint density at radius 3 is 2.74 bits per heavy atom. The monoisotopic (exact) mass is 308 g/mol. The van der Waals surface area contributed by atoms with Crippen molar-refractivity contribution in [2.24, 2.45) is 0 Å². The number of amides is 1. The zero-order valence-corrected chi connectivity index (χ0v) is 12.9. The van der Waals surface area contributed by atoms with Gasteiger partial charge in [0.15, 0.2) is 5.76 Å². The summed E-state index contributed by atoms with van der Waals surface area (Å²) in [7, 11) is 0. The summed E-state index contributed by atoms with van der Waals surface area (Å²) >= 11 is 0. The summed E-state index contributed by atoms with van der Waals surface area (Å²) in [5.41, 5.74) is 3.07. The lowest BCUT2D eigenvalue weighted by Gasteiger charge is -1.99. The van der Waals surface area contributed by atoms with E-state index in [4.69, 9.17) is 4.52 Å². The van der Waals surface area contributed by atoms with E-state index in [9.17, 15) is 4.79 Å². The summed E-state index contributed by atoms with van der Waals surface area (Å²) < 4.78 is 6.76. The van der Waals surface area contributed by atoms with E-state index in [-0.39, 0.29) is 5.91 Å². The van der Waals surface area contributed by atoms with E-state index in [0.717, 1.165) is 11.3 Å². The molecule has 23 heavy (non-hydrogen) atoms. The Labute approximate surface area is 133 Å². The lowest BCUT2D eigenvalue weighted by Crippen LogP contribution is -2.08. The maximum atomic E-state index is 12.0. The van der Waals surface area contributed by atoms with Gasteiger partial charge >= 0.3 is 0 Å². The van der Waals surface area contributed by atoms with Crippen LogP contribution in [0.15, 0.2) is 53.3 Å². The highest BCUT2D eigenvalue weighted by Crippen LogP contribution is 2.18. The molecule has 0 aliphatic heterocycles. The van der Waals surface area contributed by atoms with Gasteiger partial charge in [-0.15, -0.1) is 0 Å². The lowest BCUT2D eigenvalue weighted by atomic mass is 10.3. The number of aromatic nitrogens is 3. The Hall–Kier alpha value is -3.15. The molecule has 0 aliphatic rings. The van der Waals surface area contributed by atoms with Crippen molar-refractivity contribution in [3.8, 4) is 5.69 Å². The number of benzene rings is 1. The molecule has 0 aliphatic carbocycles. The fourth-order valence-corrected chi connectivity index (χ4v) is 2.14. The van der Waals surface area contributed by atoms with Gasteiger partial charge in [-0.3, -0.25) is 4.79 Å². The smallest absolute Gasteiger partial charge is 0.248 e. The van der Waals surface area contributed by atoms with Crippen LogP contribution in [0.1, 0.15) is 17.0 Å². The zero-order chi connectivity index (χ0) is 16.2. The standard InChI is InChI=1S/C17H16N4O2/c1-12-17(13(2)23-20-12)19-16(22)9-8-14-10-18-21(11-14)15-6-4-3-5-7-15/h3-11H,1-2H3,(H,19,22). The van der Waals surface area contributed by atoms with E-state index < -0.39 is 0 Å². The van der Waals surface area contributed by atoms with E-state index in [2.05, 4.69) is 15.6 Å². The largest absolute Gasteiger partial charge is 0.359 e. The Bertz CT molecular complexity index is 827. The number of nitrogens with zero attached hydrogens (tertiary/aromatic N) is 3. The lowest BCUT2D eigenvalue weighted by molar-refractivity contribution is -0.111. The normalized spacial score (nSPS) is 11.0. The molecule has 6 nitrogen and oxygen atoms in total. The molecule has 1 amide bonds. The predicted molar refractivity (Wildman–Crippen MR) is 87.2 cm³/mol. The molecule has 1 aromatic carbocycles. The fraction of sp³-hybridized carbons (Fsp3) is 0.118. The van der Waals surface area contributed by atoms with Crippen LogP contribution in [0.2, 0.25) is 0 Å². The third-order valence-corrected chi connectivity index (χ3v) is 3.33. The van der Waals surface area contributed by atoms with Crippen molar-refractivity contribution in [3.05, 3.63) is 65.8 Å². The minimum atomic E-state index is -0.244. The van der Waals surface area contributed by atoms with Crippen LogP contribution >= 0.6 is 0 Å². The van der Waals surface area contributed by atoms with E-state index in [0.29, 0.717) is 17.1 Å². The van der Waals surface area contributed by atoms with Crippen molar-refractivity contribution in [3.63, 3.8) is 0 Å². The van der Waals surface area contributed by atoms with Gasteiger partial charge in [0.1, 0.15) is 11.4 Å². The van der Waals surface area contributed by atoms with Gasteiger partial charge in [0, 0.05) is 17.8 Å². The van der Waals surface area contributed by atoms with Gasteiger partial charge in [-0.1, -0.05) is 23.4 Å². The molecule has 0 fully saturated rings. The van der Waals surface area contributed by atoms with Gasteiger partial charge in [-0.25, -0.2) is 4.68 Å². The number of para-hydroxylation sites is 1. The average Bonchev–Trinajstić information content (AvgIpc) is 3.16. The van der Waals surface area contributed by atoms with E-state index in [1.165, 1.54) is 6.08 Å². The van der Waals surface area contributed by atoms with E-state index in [1.54, 1.807) is 30.8 Å². The van der Waals surface area contributed by atoms with Crippen LogP contribution in [0.4, 0.5) is 5.69 Å². The number of hydrogen-bond donors (Lipinski definition) is 1. The molecule has 0 radical (unpaired) electrons. The molecule has 0 bridgehead atoms. The molecular weight excluding hydrogens is 292 g/mol. The maximum absolute atomic E-state index is 12.0. The number of carbonyl (C=O) groups excluding carboxylic acids is 1. The van der Waals surface area contributed by atoms with Crippen LogP contribution in [0.5, 0.6) is 0 Å². The highest BCUT2D eigenvalue weighted by Gasteiger charge is 2.10. The SMILES string of the molecule is Cc1noc(C)c1NC(=O)C=Cc1cnn(-c2ccccc2)c1. The Morgan fingerprint density at radius 2 is 2.04 bits per heavy atom.